The van der Waals surface area contributed by atoms with Crippen LogP contribution in [-0.2, 0) is 6.42 Å². The van der Waals surface area contributed by atoms with E-state index in [-0.39, 0.29) is 5.54 Å². The smallest absolute Gasteiger partial charge is 0.0284 e. The predicted molar refractivity (Wildman–Crippen MR) is 81.3 cm³/mol. The van der Waals surface area contributed by atoms with Gasteiger partial charge in [-0.3, -0.25) is 0 Å². The summed E-state index contributed by atoms with van der Waals surface area (Å²) in [6.07, 6.45) is 3.46. The van der Waals surface area contributed by atoms with E-state index in [0.29, 0.717) is 0 Å². The van der Waals surface area contributed by atoms with Crippen molar-refractivity contribution < 1.29 is 0 Å². The average molecular weight is 254 g/mol. The SMILES string of the molecule is CN(CCc1cccc2ccccc12)CC1(N)CC1. The average Bonchev–Trinajstić information content (AvgIpc) is 3.13. The van der Waals surface area contributed by atoms with Gasteiger partial charge >= 0.3 is 0 Å². The molecule has 0 radical (unpaired) electrons. The lowest BCUT2D eigenvalue weighted by molar-refractivity contribution is 0.307. The highest BCUT2D eigenvalue weighted by molar-refractivity contribution is 5.85. The zero-order valence-corrected chi connectivity index (χ0v) is 11.6. The van der Waals surface area contributed by atoms with E-state index in [1.807, 2.05) is 0 Å². The second kappa shape index (κ2) is 4.95. The fourth-order valence-electron chi connectivity index (χ4n) is 2.76. The van der Waals surface area contributed by atoms with Crippen molar-refractivity contribution in [2.75, 3.05) is 20.1 Å². The highest BCUT2D eigenvalue weighted by Gasteiger charge is 2.38. The molecular formula is C17H22N2. The van der Waals surface area contributed by atoms with Gasteiger partial charge in [0.1, 0.15) is 0 Å². The number of hydrogen-bond acceptors (Lipinski definition) is 2. The molecule has 2 aromatic carbocycles. The van der Waals surface area contributed by atoms with Crippen molar-refractivity contribution in [1.82, 2.24) is 4.90 Å². The van der Waals surface area contributed by atoms with Crippen LogP contribution in [0, 0.1) is 0 Å². The third-order valence-corrected chi connectivity index (χ3v) is 4.12. The lowest BCUT2D eigenvalue weighted by Crippen LogP contribution is -2.38. The first-order valence-corrected chi connectivity index (χ1v) is 7.10. The van der Waals surface area contributed by atoms with Crippen LogP contribution in [0.2, 0.25) is 0 Å². The summed E-state index contributed by atoms with van der Waals surface area (Å²) in [5.41, 5.74) is 7.72. The summed E-state index contributed by atoms with van der Waals surface area (Å²) in [6.45, 7) is 2.10. The van der Waals surface area contributed by atoms with E-state index in [9.17, 15) is 0 Å². The molecule has 0 bridgehead atoms. The van der Waals surface area contributed by atoms with Gasteiger partial charge in [-0.05, 0) is 42.6 Å². The summed E-state index contributed by atoms with van der Waals surface area (Å²) < 4.78 is 0. The largest absolute Gasteiger partial charge is 0.324 e. The number of nitrogens with two attached hydrogens (primary N) is 1. The van der Waals surface area contributed by atoms with Crippen molar-refractivity contribution >= 4 is 10.8 Å². The number of likely N-dealkylation sites (N-methyl/N-ethyl adjacent to an activating group) is 1. The predicted octanol–water partition coefficient (Wildman–Crippen LogP) is 2.81. The van der Waals surface area contributed by atoms with Gasteiger partial charge in [-0.1, -0.05) is 42.5 Å². The lowest BCUT2D eigenvalue weighted by Gasteiger charge is -2.21. The van der Waals surface area contributed by atoms with Gasteiger partial charge in [-0.15, -0.1) is 0 Å². The Bertz CT molecular complexity index is 567. The number of benzene rings is 2. The molecule has 1 aliphatic rings. The van der Waals surface area contributed by atoms with Crippen molar-refractivity contribution in [2.24, 2.45) is 5.73 Å². The highest BCUT2D eigenvalue weighted by atomic mass is 15.1. The van der Waals surface area contributed by atoms with Crippen molar-refractivity contribution in [3.8, 4) is 0 Å². The van der Waals surface area contributed by atoms with Crippen LogP contribution in [0.4, 0.5) is 0 Å². The molecule has 1 saturated carbocycles. The molecule has 0 heterocycles. The van der Waals surface area contributed by atoms with Gasteiger partial charge < -0.3 is 10.6 Å². The Morgan fingerprint density at radius 3 is 2.63 bits per heavy atom. The minimum Gasteiger partial charge on any atom is -0.324 e. The zero-order chi connectivity index (χ0) is 13.3. The first-order chi connectivity index (χ1) is 9.16. The second-order valence-corrected chi connectivity index (χ2v) is 5.99. The molecule has 0 saturated heterocycles. The Labute approximate surface area is 115 Å². The summed E-state index contributed by atoms with van der Waals surface area (Å²) in [7, 11) is 2.18. The third kappa shape index (κ3) is 2.96. The molecule has 100 valence electrons. The molecule has 0 atom stereocenters. The maximum atomic E-state index is 6.17. The van der Waals surface area contributed by atoms with E-state index in [2.05, 4.69) is 54.4 Å². The lowest BCUT2D eigenvalue weighted by atomic mass is 10.0. The molecule has 0 amide bonds. The summed E-state index contributed by atoms with van der Waals surface area (Å²) >= 11 is 0. The molecule has 0 aromatic heterocycles. The topological polar surface area (TPSA) is 29.3 Å². The van der Waals surface area contributed by atoms with Crippen LogP contribution in [0.5, 0.6) is 0 Å². The fourth-order valence-corrected chi connectivity index (χ4v) is 2.76. The summed E-state index contributed by atoms with van der Waals surface area (Å²) in [4.78, 5) is 2.37. The highest BCUT2D eigenvalue weighted by Crippen LogP contribution is 2.32. The van der Waals surface area contributed by atoms with E-state index in [1.54, 1.807) is 0 Å². The molecule has 19 heavy (non-hydrogen) atoms. The van der Waals surface area contributed by atoms with Gasteiger partial charge in [-0.2, -0.15) is 0 Å². The van der Waals surface area contributed by atoms with E-state index in [4.69, 9.17) is 5.73 Å². The molecule has 1 fully saturated rings. The van der Waals surface area contributed by atoms with Gasteiger partial charge in [0, 0.05) is 18.6 Å². The first-order valence-electron chi connectivity index (χ1n) is 7.10. The summed E-state index contributed by atoms with van der Waals surface area (Å²) in [5, 5.41) is 2.72. The van der Waals surface area contributed by atoms with Crippen LogP contribution in [0.1, 0.15) is 18.4 Å². The van der Waals surface area contributed by atoms with E-state index in [1.165, 1.54) is 29.2 Å². The standard InChI is InChI=1S/C17H22N2/c1-19(13-17(18)10-11-17)12-9-15-7-4-6-14-5-2-3-8-16(14)15/h2-8H,9-13,18H2,1H3. The van der Waals surface area contributed by atoms with Crippen molar-refractivity contribution in [3.05, 3.63) is 48.0 Å². The van der Waals surface area contributed by atoms with Crippen LogP contribution >= 0.6 is 0 Å². The Morgan fingerprint density at radius 2 is 1.84 bits per heavy atom. The molecule has 1 aliphatic carbocycles. The number of rotatable bonds is 5. The summed E-state index contributed by atoms with van der Waals surface area (Å²) in [6, 6.07) is 15.2. The first kappa shape index (κ1) is 12.6. The number of nitrogens with zero attached hydrogens (tertiary/aromatic N) is 1. The van der Waals surface area contributed by atoms with Crippen LogP contribution in [-0.4, -0.2) is 30.6 Å². The minimum absolute atomic E-state index is 0.119. The number of hydrogen-bond donors (Lipinski definition) is 1. The normalized spacial score (nSPS) is 17.0. The second-order valence-electron chi connectivity index (χ2n) is 5.99. The molecule has 3 rings (SSSR count). The minimum atomic E-state index is 0.119. The maximum Gasteiger partial charge on any atom is 0.0284 e. The molecule has 2 aromatic rings. The Morgan fingerprint density at radius 1 is 1.11 bits per heavy atom. The quantitative estimate of drug-likeness (QED) is 0.889. The van der Waals surface area contributed by atoms with Gasteiger partial charge in [0.05, 0.1) is 0 Å². The van der Waals surface area contributed by atoms with Gasteiger partial charge in [0.25, 0.3) is 0 Å². The number of fused-ring (bicyclic) bond motifs is 1. The molecule has 2 nitrogen and oxygen atoms in total. The van der Waals surface area contributed by atoms with Crippen LogP contribution in [0.25, 0.3) is 10.8 Å². The Hall–Kier alpha value is -1.38. The van der Waals surface area contributed by atoms with Gasteiger partial charge in [-0.25, -0.2) is 0 Å². The third-order valence-electron chi connectivity index (χ3n) is 4.12. The molecule has 0 unspecified atom stereocenters. The molecule has 2 heteroatoms. The Balaban J connectivity index is 1.68. The van der Waals surface area contributed by atoms with E-state index < -0.39 is 0 Å². The van der Waals surface area contributed by atoms with E-state index >= 15 is 0 Å². The van der Waals surface area contributed by atoms with Crippen molar-refractivity contribution in [3.63, 3.8) is 0 Å². The molecular weight excluding hydrogens is 232 g/mol. The van der Waals surface area contributed by atoms with Crippen LogP contribution in [0.3, 0.4) is 0 Å². The maximum absolute atomic E-state index is 6.17. The van der Waals surface area contributed by atoms with Gasteiger partial charge in [0.2, 0.25) is 0 Å². The van der Waals surface area contributed by atoms with Crippen LogP contribution < -0.4 is 5.73 Å². The van der Waals surface area contributed by atoms with Crippen molar-refractivity contribution in [1.29, 1.82) is 0 Å². The molecule has 0 spiro atoms. The molecule has 0 aliphatic heterocycles. The Kier molecular flexibility index (Phi) is 3.29. The van der Waals surface area contributed by atoms with E-state index in [0.717, 1.165) is 19.5 Å². The fraction of sp³-hybridized carbons (Fsp3) is 0.412. The van der Waals surface area contributed by atoms with Crippen molar-refractivity contribution in [2.45, 2.75) is 24.8 Å². The molecule has 2 N–H and O–H groups in total. The van der Waals surface area contributed by atoms with Gasteiger partial charge in [0.15, 0.2) is 0 Å². The van der Waals surface area contributed by atoms with Crippen LogP contribution in [0.15, 0.2) is 42.5 Å². The monoisotopic (exact) mass is 254 g/mol. The zero-order valence-electron chi connectivity index (χ0n) is 11.6. The summed E-state index contributed by atoms with van der Waals surface area (Å²) in [5.74, 6) is 0.